The molecule has 4 nitrogen and oxygen atoms in total. The van der Waals surface area contributed by atoms with Crippen molar-refractivity contribution in [3.8, 4) is 0 Å². The maximum absolute atomic E-state index is 12.1. The largest absolute Gasteiger partial charge is 0.326 e. The van der Waals surface area contributed by atoms with E-state index in [1.165, 1.54) is 6.42 Å². The fraction of sp³-hybridized carbons (Fsp3) is 0.556. The van der Waals surface area contributed by atoms with Crippen molar-refractivity contribution >= 4 is 33.1 Å². The van der Waals surface area contributed by atoms with Gasteiger partial charge in [-0.3, -0.25) is 4.79 Å². The van der Waals surface area contributed by atoms with Crippen LogP contribution in [0.2, 0.25) is 0 Å². The topological polar surface area (TPSA) is 54.0 Å². The van der Waals surface area contributed by atoms with Gasteiger partial charge in [0.05, 0.1) is 15.2 Å². The van der Waals surface area contributed by atoms with Crippen LogP contribution in [0.4, 0.5) is 5.69 Å². The monoisotopic (exact) mass is 331 g/mol. The molecular formula is C18H25N3OS. The third kappa shape index (κ3) is 4.09. The van der Waals surface area contributed by atoms with Crippen molar-refractivity contribution in [3.05, 3.63) is 23.2 Å². The summed E-state index contributed by atoms with van der Waals surface area (Å²) >= 11 is 1.71. The molecule has 1 saturated heterocycles. The second kappa shape index (κ2) is 6.57. The molecule has 1 fully saturated rings. The van der Waals surface area contributed by atoms with Crippen LogP contribution < -0.4 is 10.6 Å². The average molecular weight is 331 g/mol. The molecule has 1 amide bonds. The first-order valence-electron chi connectivity index (χ1n) is 8.33. The Bertz CT molecular complexity index is 696. The van der Waals surface area contributed by atoms with E-state index in [1.807, 2.05) is 18.2 Å². The van der Waals surface area contributed by atoms with E-state index < -0.39 is 0 Å². The quantitative estimate of drug-likeness (QED) is 0.893. The summed E-state index contributed by atoms with van der Waals surface area (Å²) in [5.74, 6) is 0.760. The zero-order chi connectivity index (χ0) is 16.4. The minimum Gasteiger partial charge on any atom is -0.326 e. The predicted molar refractivity (Wildman–Crippen MR) is 97.2 cm³/mol. The molecule has 5 heteroatoms. The van der Waals surface area contributed by atoms with Gasteiger partial charge < -0.3 is 10.6 Å². The number of thiazole rings is 1. The van der Waals surface area contributed by atoms with E-state index in [-0.39, 0.29) is 11.3 Å². The van der Waals surface area contributed by atoms with Crippen molar-refractivity contribution in [2.45, 2.75) is 45.4 Å². The Hall–Kier alpha value is -1.46. The number of fused-ring (bicyclic) bond motifs is 1. The number of nitrogens with one attached hydrogen (secondary N) is 2. The van der Waals surface area contributed by atoms with Gasteiger partial charge in [0.2, 0.25) is 5.91 Å². The van der Waals surface area contributed by atoms with Gasteiger partial charge in [0.25, 0.3) is 0 Å². The third-order valence-electron chi connectivity index (χ3n) is 4.26. The number of hydrogen-bond donors (Lipinski definition) is 2. The normalized spacial score (nSPS) is 18.5. The van der Waals surface area contributed by atoms with E-state index >= 15 is 0 Å². The molecule has 2 heterocycles. The summed E-state index contributed by atoms with van der Waals surface area (Å²) in [5.41, 5.74) is 1.94. The molecule has 23 heavy (non-hydrogen) atoms. The molecule has 0 bridgehead atoms. The van der Waals surface area contributed by atoms with Crippen molar-refractivity contribution in [3.63, 3.8) is 0 Å². The van der Waals surface area contributed by atoms with Crippen LogP contribution in [0.15, 0.2) is 18.2 Å². The number of rotatable bonds is 4. The van der Waals surface area contributed by atoms with E-state index in [9.17, 15) is 4.79 Å². The number of anilines is 1. The second-order valence-corrected chi connectivity index (χ2v) is 8.43. The Kier molecular flexibility index (Phi) is 4.69. The standard InChI is InChI=1S/C18H25N3OS/c1-18(2,3)17-21-14-6-5-13(10-15(14)23-17)20-16(22)7-4-12-8-9-19-11-12/h5-6,10,12,19H,4,7-9,11H2,1-3H3,(H,20,22). The lowest BCUT2D eigenvalue weighted by Crippen LogP contribution is -2.14. The van der Waals surface area contributed by atoms with Crippen LogP contribution in [-0.2, 0) is 10.2 Å². The highest BCUT2D eigenvalue weighted by molar-refractivity contribution is 7.18. The summed E-state index contributed by atoms with van der Waals surface area (Å²) in [6, 6.07) is 5.98. The third-order valence-corrected chi connectivity index (χ3v) is 5.70. The molecule has 2 aromatic rings. The summed E-state index contributed by atoms with van der Waals surface area (Å²) in [5, 5.41) is 7.50. The fourth-order valence-corrected chi connectivity index (χ4v) is 3.91. The fourth-order valence-electron chi connectivity index (χ4n) is 2.84. The van der Waals surface area contributed by atoms with Gasteiger partial charge in [0, 0.05) is 17.5 Å². The number of benzene rings is 1. The van der Waals surface area contributed by atoms with Crippen molar-refractivity contribution in [2.24, 2.45) is 5.92 Å². The van der Waals surface area contributed by atoms with Crippen LogP contribution in [-0.4, -0.2) is 24.0 Å². The minimum absolute atomic E-state index is 0.0580. The van der Waals surface area contributed by atoms with Crippen molar-refractivity contribution in [1.82, 2.24) is 10.3 Å². The van der Waals surface area contributed by atoms with E-state index in [4.69, 9.17) is 4.98 Å². The number of carbonyl (C=O) groups excluding carboxylic acids is 1. The lowest BCUT2D eigenvalue weighted by Gasteiger charge is -2.13. The molecule has 1 aliphatic heterocycles. The van der Waals surface area contributed by atoms with E-state index in [1.54, 1.807) is 11.3 Å². The molecule has 2 N–H and O–H groups in total. The number of nitrogens with zero attached hydrogens (tertiary/aromatic N) is 1. The number of carbonyl (C=O) groups is 1. The predicted octanol–water partition coefficient (Wildman–Crippen LogP) is 3.92. The van der Waals surface area contributed by atoms with Gasteiger partial charge in [-0.15, -0.1) is 11.3 Å². The van der Waals surface area contributed by atoms with Gasteiger partial charge in [-0.25, -0.2) is 4.98 Å². The van der Waals surface area contributed by atoms with Crippen LogP contribution in [0.25, 0.3) is 10.2 Å². The van der Waals surface area contributed by atoms with Gasteiger partial charge >= 0.3 is 0 Å². The lowest BCUT2D eigenvalue weighted by atomic mass is 9.98. The summed E-state index contributed by atoms with van der Waals surface area (Å²) < 4.78 is 1.13. The van der Waals surface area contributed by atoms with Crippen LogP contribution >= 0.6 is 11.3 Å². The summed E-state index contributed by atoms with van der Waals surface area (Å²) in [6.45, 7) is 8.65. The molecule has 1 unspecified atom stereocenters. The molecule has 1 aromatic heterocycles. The first-order valence-corrected chi connectivity index (χ1v) is 9.15. The Morgan fingerprint density at radius 1 is 1.43 bits per heavy atom. The summed E-state index contributed by atoms with van der Waals surface area (Å²) in [7, 11) is 0. The number of aromatic nitrogens is 1. The summed E-state index contributed by atoms with van der Waals surface area (Å²) in [4.78, 5) is 16.8. The van der Waals surface area contributed by atoms with Crippen LogP contribution in [0.5, 0.6) is 0 Å². The zero-order valence-electron chi connectivity index (χ0n) is 14.1. The minimum atomic E-state index is 0.0580. The second-order valence-electron chi connectivity index (χ2n) is 7.40. The van der Waals surface area contributed by atoms with E-state index in [0.29, 0.717) is 12.3 Å². The maximum Gasteiger partial charge on any atom is 0.224 e. The van der Waals surface area contributed by atoms with Gasteiger partial charge in [0.1, 0.15) is 0 Å². The molecule has 3 rings (SSSR count). The molecule has 0 radical (unpaired) electrons. The smallest absolute Gasteiger partial charge is 0.224 e. The Morgan fingerprint density at radius 3 is 2.96 bits per heavy atom. The Morgan fingerprint density at radius 2 is 2.26 bits per heavy atom. The van der Waals surface area contributed by atoms with E-state index in [0.717, 1.165) is 40.4 Å². The highest BCUT2D eigenvalue weighted by Gasteiger charge is 2.19. The molecule has 124 valence electrons. The van der Waals surface area contributed by atoms with Crippen molar-refractivity contribution < 1.29 is 4.79 Å². The van der Waals surface area contributed by atoms with Crippen LogP contribution in [0.1, 0.15) is 45.0 Å². The first-order chi connectivity index (χ1) is 10.9. The molecule has 0 saturated carbocycles. The molecule has 1 aromatic carbocycles. The van der Waals surface area contributed by atoms with Gasteiger partial charge in [-0.05, 0) is 50.0 Å². The first kappa shape index (κ1) is 16.4. The summed E-state index contributed by atoms with van der Waals surface area (Å²) in [6.07, 6.45) is 2.76. The molecule has 1 atom stereocenters. The SMILES string of the molecule is CC(C)(C)c1nc2ccc(NC(=O)CCC3CCNC3)cc2s1. The molecular weight excluding hydrogens is 306 g/mol. The highest BCUT2D eigenvalue weighted by Crippen LogP contribution is 2.32. The Labute approximate surface area is 141 Å². The zero-order valence-corrected chi connectivity index (χ0v) is 14.9. The van der Waals surface area contributed by atoms with Crippen LogP contribution in [0, 0.1) is 5.92 Å². The number of amides is 1. The highest BCUT2D eigenvalue weighted by atomic mass is 32.1. The van der Waals surface area contributed by atoms with Gasteiger partial charge in [0.15, 0.2) is 0 Å². The van der Waals surface area contributed by atoms with Crippen LogP contribution in [0.3, 0.4) is 0 Å². The van der Waals surface area contributed by atoms with E-state index in [2.05, 4.69) is 31.4 Å². The lowest BCUT2D eigenvalue weighted by molar-refractivity contribution is -0.116. The number of hydrogen-bond acceptors (Lipinski definition) is 4. The van der Waals surface area contributed by atoms with Gasteiger partial charge in [-0.1, -0.05) is 20.8 Å². The average Bonchev–Trinajstić information content (AvgIpc) is 3.13. The maximum atomic E-state index is 12.1. The molecule has 1 aliphatic rings. The van der Waals surface area contributed by atoms with Crippen molar-refractivity contribution in [1.29, 1.82) is 0 Å². The Balaban J connectivity index is 1.64. The van der Waals surface area contributed by atoms with Gasteiger partial charge in [-0.2, -0.15) is 0 Å². The van der Waals surface area contributed by atoms with Crippen molar-refractivity contribution in [2.75, 3.05) is 18.4 Å². The molecule has 0 spiro atoms. The molecule has 0 aliphatic carbocycles.